The lowest BCUT2D eigenvalue weighted by Crippen LogP contribution is -2.01. The third kappa shape index (κ3) is 2.87. The van der Waals surface area contributed by atoms with E-state index in [0.29, 0.717) is 5.03 Å². The third-order valence-corrected chi connectivity index (χ3v) is 3.48. The van der Waals surface area contributed by atoms with Crippen LogP contribution >= 0.6 is 11.8 Å². The minimum Gasteiger partial charge on any atom is -0.476 e. The Bertz CT molecular complexity index is 582. The summed E-state index contributed by atoms with van der Waals surface area (Å²) in [5, 5.41) is 16.9. The van der Waals surface area contributed by atoms with Crippen LogP contribution in [0.3, 0.4) is 0 Å². The van der Waals surface area contributed by atoms with Crippen molar-refractivity contribution in [2.24, 2.45) is 0 Å². The zero-order valence-electron chi connectivity index (χ0n) is 10.0. The molecular formula is C13H12N2O2S. The van der Waals surface area contributed by atoms with Crippen molar-refractivity contribution in [1.29, 1.82) is 0 Å². The fourth-order valence-corrected chi connectivity index (χ4v) is 2.22. The summed E-state index contributed by atoms with van der Waals surface area (Å²) in [5.74, 6) is -1.06. The zero-order chi connectivity index (χ0) is 13.1. The molecule has 0 atom stereocenters. The molecule has 1 aromatic carbocycles. The van der Waals surface area contributed by atoms with Gasteiger partial charge in [-0.2, -0.15) is 0 Å². The highest BCUT2D eigenvalue weighted by molar-refractivity contribution is 7.99. The summed E-state index contributed by atoms with van der Waals surface area (Å²) in [4.78, 5) is 11.7. The molecule has 5 heteroatoms. The Labute approximate surface area is 109 Å². The summed E-state index contributed by atoms with van der Waals surface area (Å²) in [7, 11) is 0. The van der Waals surface area contributed by atoms with Crippen molar-refractivity contribution in [2.75, 3.05) is 0 Å². The van der Waals surface area contributed by atoms with Gasteiger partial charge in [0.25, 0.3) is 0 Å². The normalized spacial score (nSPS) is 10.3. The quantitative estimate of drug-likeness (QED) is 0.919. The fraction of sp³-hybridized carbons (Fsp3) is 0.154. The summed E-state index contributed by atoms with van der Waals surface area (Å²) in [6.45, 7) is 4.11. The van der Waals surface area contributed by atoms with Crippen molar-refractivity contribution < 1.29 is 9.90 Å². The van der Waals surface area contributed by atoms with E-state index < -0.39 is 5.97 Å². The Hall–Kier alpha value is -1.88. The van der Waals surface area contributed by atoms with Crippen LogP contribution in [-0.2, 0) is 0 Å². The molecule has 0 fully saturated rings. The number of carbonyl (C=O) groups is 1. The van der Waals surface area contributed by atoms with Gasteiger partial charge in [0.1, 0.15) is 5.03 Å². The molecule has 0 bridgehead atoms. The molecule has 0 saturated carbocycles. The van der Waals surface area contributed by atoms with Crippen molar-refractivity contribution in [3.8, 4) is 0 Å². The molecule has 0 saturated heterocycles. The molecule has 0 radical (unpaired) electrons. The lowest BCUT2D eigenvalue weighted by molar-refractivity contribution is 0.0689. The number of benzene rings is 1. The van der Waals surface area contributed by atoms with E-state index in [1.54, 1.807) is 6.07 Å². The summed E-state index contributed by atoms with van der Waals surface area (Å²) >= 11 is 1.46. The maximum atomic E-state index is 10.6. The lowest BCUT2D eigenvalue weighted by atomic mass is 10.1. The predicted molar refractivity (Wildman–Crippen MR) is 69.0 cm³/mol. The van der Waals surface area contributed by atoms with Gasteiger partial charge in [0, 0.05) is 4.90 Å². The van der Waals surface area contributed by atoms with Crippen LogP contribution in [0.15, 0.2) is 40.3 Å². The second-order valence-corrected chi connectivity index (χ2v) is 5.00. The SMILES string of the molecule is Cc1ccc(Sc2ccc(C(=O)O)nn2)cc1C. The molecule has 2 aromatic rings. The van der Waals surface area contributed by atoms with Gasteiger partial charge in [-0.25, -0.2) is 4.79 Å². The number of rotatable bonds is 3. The predicted octanol–water partition coefficient (Wildman–Crippen LogP) is 2.94. The summed E-state index contributed by atoms with van der Waals surface area (Å²) in [6, 6.07) is 9.26. The maximum Gasteiger partial charge on any atom is 0.356 e. The average molecular weight is 260 g/mol. The highest BCUT2D eigenvalue weighted by atomic mass is 32.2. The van der Waals surface area contributed by atoms with Crippen LogP contribution in [-0.4, -0.2) is 21.3 Å². The van der Waals surface area contributed by atoms with Gasteiger partial charge < -0.3 is 5.11 Å². The second-order valence-electron chi connectivity index (χ2n) is 3.91. The molecule has 0 unspecified atom stereocenters. The van der Waals surface area contributed by atoms with Crippen LogP contribution in [0.25, 0.3) is 0 Å². The van der Waals surface area contributed by atoms with Gasteiger partial charge in [-0.1, -0.05) is 17.8 Å². The average Bonchev–Trinajstić information content (AvgIpc) is 2.34. The Morgan fingerprint density at radius 3 is 2.44 bits per heavy atom. The number of aryl methyl sites for hydroxylation is 2. The van der Waals surface area contributed by atoms with Gasteiger partial charge in [-0.15, -0.1) is 10.2 Å². The first kappa shape index (κ1) is 12.6. The van der Waals surface area contributed by atoms with Crippen LogP contribution in [0.4, 0.5) is 0 Å². The fourth-order valence-electron chi connectivity index (χ4n) is 1.39. The van der Waals surface area contributed by atoms with E-state index >= 15 is 0 Å². The minimum atomic E-state index is -1.06. The van der Waals surface area contributed by atoms with Gasteiger partial charge in [-0.3, -0.25) is 0 Å². The smallest absolute Gasteiger partial charge is 0.356 e. The lowest BCUT2D eigenvalue weighted by Gasteiger charge is -2.04. The highest BCUT2D eigenvalue weighted by Crippen LogP contribution is 2.27. The number of hydrogen-bond acceptors (Lipinski definition) is 4. The van der Waals surface area contributed by atoms with E-state index in [1.807, 2.05) is 6.07 Å². The third-order valence-electron chi connectivity index (χ3n) is 2.56. The van der Waals surface area contributed by atoms with Crippen LogP contribution in [0.2, 0.25) is 0 Å². The summed E-state index contributed by atoms with van der Waals surface area (Å²) in [5.41, 5.74) is 2.42. The first-order valence-electron chi connectivity index (χ1n) is 5.38. The molecule has 1 N–H and O–H groups in total. The highest BCUT2D eigenvalue weighted by Gasteiger charge is 2.06. The summed E-state index contributed by atoms with van der Waals surface area (Å²) in [6.07, 6.45) is 0. The molecule has 0 aliphatic rings. The number of nitrogens with zero attached hydrogens (tertiary/aromatic N) is 2. The largest absolute Gasteiger partial charge is 0.476 e. The van der Waals surface area contributed by atoms with Crippen LogP contribution < -0.4 is 0 Å². The van der Waals surface area contributed by atoms with E-state index in [4.69, 9.17) is 5.11 Å². The number of aromatic carboxylic acids is 1. The standard InChI is InChI=1S/C13H12N2O2S/c1-8-3-4-10(7-9(8)2)18-12-6-5-11(13(16)17)14-15-12/h3-7H,1-2H3,(H,16,17). The van der Waals surface area contributed by atoms with Crippen molar-refractivity contribution in [3.05, 3.63) is 47.2 Å². The van der Waals surface area contributed by atoms with E-state index in [9.17, 15) is 4.79 Å². The van der Waals surface area contributed by atoms with Crippen molar-refractivity contribution in [1.82, 2.24) is 10.2 Å². The van der Waals surface area contributed by atoms with Crippen molar-refractivity contribution in [3.63, 3.8) is 0 Å². The van der Waals surface area contributed by atoms with Crippen LogP contribution in [0.1, 0.15) is 21.6 Å². The van der Waals surface area contributed by atoms with Gasteiger partial charge in [0.2, 0.25) is 0 Å². The molecule has 0 aliphatic carbocycles. The first-order chi connectivity index (χ1) is 8.56. The maximum absolute atomic E-state index is 10.6. The number of aromatic nitrogens is 2. The molecule has 1 aromatic heterocycles. The Morgan fingerprint density at radius 1 is 1.11 bits per heavy atom. The molecule has 2 rings (SSSR count). The molecule has 1 heterocycles. The van der Waals surface area contributed by atoms with Crippen LogP contribution in [0, 0.1) is 13.8 Å². The van der Waals surface area contributed by atoms with Gasteiger partial charge in [0.15, 0.2) is 5.69 Å². The Morgan fingerprint density at radius 2 is 1.89 bits per heavy atom. The molecular weight excluding hydrogens is 248 g/mol. The minimum absolute atomic E-state index is 0.0422. The summed E-state index contributed by atoms with van der Waals surface area (Å²) < 4.78 is 0. The second kappa shape index (κ2) is 5.18. The number of carboxylic acid groups (broad SMARTS) is 1. The molecule has 0 aliphatic heterocycles. The van der Waals surface area contributed by atoms with E-state index in [0.717, 1.165) is 4.90 Å². The van der Waals surface area contributed by atoms with E-state index in [2.05, 4.69) is 36.2 Å². The first-order valence-corrected chi connectivity index (χ1v) is 6.20. The van der Waals surface area contributed by atoms with Crippen molar-refractivity contribution >= 4 is 17.7 Å². The van der Waals surface area contributed by atoms with E-state index in [1.165, 1.54) is 29.0 Å². The van der Waals surface area contributed by atoms with Gasteiger partial charge in [-0.05, 0) is 49.2 Å². The molecule has 4 nitrogen and oxygen atoms in total. The van der Waals surface area contributed by atoms with Gasteiger partial charge in [0.05, 0.1) is 0 Å². The molecule has 0 spiro atoms. The molecule has 0 amide bonds. The number of hydrogen-bond donors (Lipinski definition) is 1. The van der Waals surface area contributed by atoms with Crippen molar-refractivity contribution in [2.45, 2.75) is 23.8 Å². The molecule has 92 valence electrons. The molecule has 18 heavy (non-hydrogen) atoms. The monoisotopic (exact) mass is 260 g/mol. The number of carboxylic acids is 1. The zero-order valence-corrected chi connectivity index (χ0v) is 10.9. The Balaban J connectivity index is 2.18. The topological polar surface area (TPSA) is 63.1 Å². The van der Waals surface area contributed by atoms with E-state index in [-0.39, 0.29) is 5.69 Å². The Kier molecular flexibility index (Phi) is 3.62. The van der Waals surface area contributed by atoms with Gasteiger partial charge >= 0.3 is 5.97 Å². The van der Waals surface area contributed by atoms with Crippen LogP contribution in [0.5, 0.6) is 0 Å².